The quantitative estimate of drug-likeness (QED) is 0.604. The SMILES string of the molecule is COc1cc(OC)c(C(=O)N(C)Cc2nc(-c3cccc(C)c3)no2)cc1OC. The van der Waals surface area contributed by atoms with Gasteiger partial charge in [-0.15, -0.1) is 0 Å². The Hall–Kier alpha value is -3.55. The Bertz CT molecular complexity index is 1020. The van der Waals surface area contributed by atoms with Gasteiger partial charge in [-0.1, -0.05) is 28.9 Å². The van der Waals surface area contributed by atoms with Gasteiger partial charge in [0.25, 0.3) is 5.91 Å². The molecule has 0 saturated heterocycles. The van der Waals surface area contributed by atoms with Crippen molar-refractivity contribution in [2.24, 2.45) is 0 Å². The Morgan fingerprint density at radius 1 is 1.03 bits per heavy atom. The minimum absolute atomic E-state index is 0.148. The maximum Gasteiger partial charge on any atom is 0.257 e. The molecule has 0 aliphatic heterocycles. The van der Waals surface area contributed by atoms with Crippen molar-refractivity contribution in [1.82, 2.24) is 15.0 Å². The molecule has 29 heavy (non-hydrogen) atoms. The Morgan fingerprint density at radius 2 is 1.72 bits per heavy atom. The predicted octanol–water partition coefficient (Wildman–Crippen LogP) is 3.34. The molecule has 0 saturated carbocycles. The molecule has 0 radical (unpaired) electrons. The van der Waals surface area contributed by atoms with Gasteiger partial charge >= 0.3 is 0 Å². The van der Waals surface area contributed by atoms with E-state index in [1.165, 1.54) is 26.2 Å². The smallest absolute Gasteiger partial charge is 0.257 e. The normalized spacial score (nSPS) is 10.5. The molecule has 3 rings (SSSR count). The monoisotopic (exact) mass is 397 g/mol. The number of aryl methyl sites for hydroxylation is 1. The lowest BCUT2D eigenvalue weighted by Gasteiger charge is -2.18. The van der Waals surface area contributed by atoms with E-state index >= 15 is 0 Å². The van der Waals surface area contributed by atoms with Gasteiger partial charge in [-0.3, -0.25) is 4.79 Å². The average molecular weight is 397 g/mol. The summed E-state index contributed by atoms with van der Waals surface area (Å²) >= 11 is 0. The van der Waals surface area contributed by atoms with E-state index in [1.54, 1.807) is 19.2 Å². The van der Waals surface area contributed by atoms with Crippen molar-refractivity contribution >= 4 is 5.91 Å². The Morgan fingerprint density at radius 3 is 2.38 bits per heavy atom. The zero-order valence-corrected chi connectivity index (χ0v) is 17.1. The number of hydrogen-bond donors (Lipinski definition) is 0. The highest BCUT2D eigenvalue weighted by Crippen LogP contribution is 2.35. The van der Waals surface area contributed by atoms with Crippen LogP contribution in [0.5, 0.6) is 17.2 Å². The fourth-order valence-corrected chi connectivity index (χ4v) is 2.90. The number of aromatic nitrogens is 2. The van der Waals surface area contributed by atoms with E-state index in [0.29, 0.717) is 34.5 Å². The molecule has 0 fully saturated rings. The van der Waals surface area contributed by atoms with Crippen LogP contribution in [-0.4, -0.2) is 49.3 Å². The summed E-state index contributed by atoms with van der Waals surface area (Å²) in [4.78, 5) is 18.8. The second-order valence-corrected chi connectivity index (χ2v) is 6.45. The van der Waals surface area contributed by atoms with Crippen LogP contribution in [-0.2, 0) is 6.54 Å². The second kappa shape index (κ2) is 8.64. The fraction of sp³-hybridized carbons (Fsp3) is 0.286. The van der Waals surface area contributed by atoms with Crippen LogP contribution in [0.2, 0.25) is 0 Å². The first kappa shape index (κ1) is 20.2. The summed E-state index contributed by atoms with van der Waals surface area (Å²) in [5.41, 5.74) is 2.29. The molecule has 0 aliphatic carbocycles. The van der Waals surface area contributed by atoms with Gasteiger partial charge in [-0.25, -0.2) is 0 Å². The molecule has 1 amide bonds. The molecule has 0 unspecified atom stereocenters. The van der Waals surface area contributed by atoms with Crippen molar-refractivity contribution in [3.05, 3.63) is 53.4 Å². The van der Waals surface area contributed by atoms with Crippen LogP contribution >= 0.6 is 0 Å². The van der Waals surface area contributed by atoms with Gasteiger partial charge in [-0.2, -0.15) is 4.98 Å². The number of ether oxygens (including phenoxy) is 3. The molecule has 2 aromatic carbocycles. The summed E-state index contributed by atoms with van der Waals surface area (Å²) in [6.45, 7) is 2.14. The van der Waals surface area contributed by atoms with Gasteiger partial charge in [0.15, 0.2) is 11.5 Å². The van der Waals surface area contributed by atoms with E-state index in [4.69, 9.17) is 18.7 Å². The fourth-order valence-electron chi connectivity index (χ4n) is 2.90. The molecule has 0 spiro atoms. The van der Waals surface area contributed by atoms with Crippen molar-refractivity contribution in [3.8, 4) is 28.6 Å². The van der Waals surface area contributed by atoms with Crippen LogP contribution in [0.15, 0.2) is 40.9 Å². The highest BCUT2D eigenvalue weighted by molar-refractivity contribution is 5.97. The van der Waals surface area contributed by atoms with E-state index < -0.39 is 0 Å². The third-order valence-corrected chi connectivity index (χ3v) is 4.40. The Balaban J connectivity index is 1.81. The van der Waals surface area contributed by atoms with E-state index in [9.17, 15) is 4.79 Å². The lowest BCUT2D eigenvalue weighted by atomic mass is 10.1. The van der Waals surface area contributed by atoms with Gasteiger partial charge in [0.1, 0.15) is 12.3 Å². The number of carbonyl (C=O) groups is 1. The molecule has 0 N–H and O–H groups in total. The van der Waals surface area contributed by atoms with E-state index in [1.807, 2.05) is 31.2 Å². The lowest BCUT2D eigenvalue weighted by molar-refractivity contribution is 0.0765. The van der Waals surface area contributed by atoms with E-state index in [-0.39, 0.29) is 12.5 Å². The number of hydrogen-bond acceptors (Lipinski definition) is 7. The van der Waals surface area contributed by atoms with Gasteiger partial charge in [0.2, 0.25) is 11.7 Å². The molecule has 152 valence electrons. The summed E-state index contributed by atoms with van der Waals surface area (Å²) in [6.07, 6.45) is 0. The standard InChI is InChI=1S/C21H23N3O5/c1-13-7-6-8-14(9-13)20-22-19(29-23-20)12-24(2)21(25)15-10-17(27-4)18(28-5)11-16(15)26-3/h6-11H,12H2,1-5H3. The number of nitrogens with zero attached hydrogens (tertiary/aromatic N) is 3. The predicted molar refractivity (Wildman–Crippen MR) is 106 cm³/mol. The third-order valence-electron chi connectivity index (χ3n) is 4.40. The maximum atomic E-state index is 13.0. The molecule has 1 aromatic heterocycles. The Labute approximate surface area is 169 Å². The summed E-state index contributed by atoms with van der Waals surface area (Å²) in [7, 11) is 6.17. The zero-order chi connectivity index (χ0) is 21.0. The topological polar surface area (TPSA) is 86.9 Å². The molecule has 0 aliphatic rings. The maximum absolute atomic E-state index is 13.0. The summed E-state index contributed by atoms with van der Waals surface area (Å²) in [5, 5.41) is 4.01. The van der Waals surface area contributed by atoms with Crippen LogP contribution < -0.4 is 14.2 Å². The van der Waals surface area contributed by atoms with E-state index in [0.717, 1.165) is 11.1 Å². The van der Waals surface area contributed by atoms with Crippen molar-refractivity contribution in [2.45, 2.75) is 13.5 Å². The van der Waals surface area contributed by atoms with Crippen molar-refractivity contribution in [2.75, 3.05) is 28.4 Å². The molecular formula is C21H23N3O5. The number of amides is 1. The molecule has 1 heterocycles. The first-order valence-corrected chi connectivity index (χ1v) is 8.92. The minimum Gasteiger partial charge on any atom is -0.496 e. The summed E-state index contributed by atoms with van der Waals surface area (Å²) in [5.74, 6) is 1.82. The van der Waals surface area contributed by atoms with Gasteiger partial charge < -0.3 is 23.6 Å². The highest BCUT2D eigenvalue weighted by Gasteiger charge is 2.22. The van der Waals surface area contributed by atoms with Crippen molar-refractivity contribution in [3.63, 3.8) is 0 Å². The summed E-state index contributed by atoms with van der Waals surface area (Å²) in [6, 6.07) is 11.0. The molecular weight excluding hydrogens is 374 g/mol. The van der Waals surface area contributed by atoms with Crippen LogP contribution in [0, 0.1) is 6.92 Å². The van der Waals surface area contributed by atoms with Crippen LogP contribution in [0.3, 0.4) is 0 Å². The van der Waals surface area contributed by atoms with Gasteiger partial charge in [0.05, 0.1) is 26.9 Å². The molecule has 3 aromatic rings. The lowest BCUT2D eigenvalue weighted by Crippen LogP contribution is -2.26. The van der Waals surface area contributed by atoms with Crippen LogP contribution in [0.4, 0.5) is 0 Å². The Kier molecular flexibility index (Phi) is 6.01. The third kappa shape index (κ3) is 4.31. The van der Waals surface area contributed by atoms with E-state index in [2.05, 4.69) is 10.1 Å². The minimum atomic E-state index is -0.280. The molecule has 8 nitrogen and oxygen atoms in total. The largest absolute Gasteiger partial charge is 0.496 e. The van der Waals surface area contributed by atoms with Crippen molar-refractivity contribution < 1.29 is 23.5 Å². The zero-order valence-electron chi connectivity index (χ0n) is 17.1. The number of benzene rings is 2. The first-order chi connectivity index (χ1) is 14.0. The number of methoxy groups -OCH3 is 3. The molecule has 0 atom stereocenters. The van der Waals surface area contributed by atoms with Crippen LogP contribution in [0.25, 0.3) is 11.4 Å². The van der Waals surface area contributed by atoms with Gasteiger partial charge in [-0.05, 0) is 13.0 Å². The second-order valence-electron chi connectivity index (χ2n) is 6.45. The van der Waals surface area contributed by atoms with Crippen molar-refractivity contribution in [1.29, 1.82) is 0 Å². The molecule has 8 heteroatoms. The molecule has 0 bridgehead atoms. The first-order valence-electron chi connectivity index (χ1n) is 8.92. The van der Waals surface area contributed by atoms with Crippen LogP contribution in [0.1, 0.15) is 21.8 Å². The number of carbonyl (C=O) groups excluding carboxylic acids is 1. The highest BCUT2D eigenvalue weighted by atomic mass is 16.5. The van der Waals surface area contributed by atoms with Gasteiger partial charge in [0, 0.05) is 24.7 Å². The number of rotatable bonds is 7. The summed E-state index contributed by atoms with van der Waals surface area (Å²) < 4.78 is 21.2. The average Bonchev–Trinajstić information content (AvgIpc) is 3.20.